The van der Waals surface area contributed by atoms with Gasteiger partial charge >= 0.3 is 0 Å². The number of carbonyl (C=O) groups is 2. The van der Waals surface area contributed by atoms with E-state index in [1.165, 1.54) is 32.1 Å². The van der Waals surface area contributed by atoms with Crippen LogP contribution in [0.4, 0.5) is 0 Å². The Balaban J connectivity index is 3.30. The van der Waals surface area contributed by atoms with Gasteiger partial charge in [-0.1, -0.05) is 52.4 Å². The monoisotopic (exact) mass is 240 g/mol. The molecule has 0 aliphatic carbocycles. The normalized spacial score (nSPS) is 10.5. The second-order valence-electron chi connectivity index (χ2n) is 4.88. The van der Waals surface area contributed by atoms with Crippen LogP contribution in [0.1, 0.15) is 84.5 Å². The van der Waals surface area contributed by atoms with Crippen LogP contribution in [0.2, 0.25) is 0 Å². The van der Waals surface area contributed by atoms with Crippen LogP contribution < -0.4 is 0 Å². The van der Waals surface area contributed by atoms with Crippen molar-refractivity contribution in [1.82, 2.24) is 0 Å². The van der Waals surface area contributed by atoms with Crippen molar-refractivity contribution in [2.75, 3.05) is 0 Å². The average molecular weight is 240 g/mol. The van der Waals surface area contributed by atoms with E-state index in [1.54, 1.807) is 0 Å². The van der Waals surface area contributed by atoms with Crippen LogP contribution in [0.15, 0.2) is 0 Å². The van der Waals surface area contributed by atoms with Gasteiger partial charge < -0.3 is 0 Å². The summed E-state index contributed by atoms with van der Waals surface area (Å²) in [6, 6.07) is 0. The van der Waals surface area contributed by atoms with Crippen molar-refractivity contribution in [3.63, 3.8) is 0 Å². The Labute approximate surface area is 106 Å². The second-order valence-corrected chi connectivity index (χ2v) is 4.88. The molecule has 0 atom stereocenters. The standard InChI is InChI=1S/C15H28O2/c1-3-5-6-7-8-9-10-12-15(17)13-14(16)11-4-2/h3-13H2,1-2H3. The van der Waals surface area contributed by atoms with E-state index in [2.05, 4.69) is 6.92 Å². The Kier molecular flexibility index (Phi) is 11.4. The third kappa shape index (κ3) is 11.6. The van der Waals surface area contributed by atoms with Gasteiger partial charge in [-0.25, -0.2) is 0 Å². The average Bonchev–Trinajstić information content (AvgIpc) is 2.28. The summed E-state index contributed by atoms with van der Waals surface area (Å²) in [5, 5.41) is 0. The molecule has 0 spiro atoms. The molecule has 0 aromatic carbocycles. The van der Waals surface area contributed by atoms with Gasteiger partial charge in [0.05, 0.1) is 6.42 Å². The minimum atomic E-state index is 0.112. The van der Waals surface area contributed by atoms with Crippen molar-refractivity contribution >= 4 is 11.6 Å². The molecule has 0 N–H and O–H groups in total. The van der Waals surface area contributed by atoms with Crippen LogP contribution in [-0.4, -0.2) is 11.6 Å². The third-order valence-electron chi connectivity index (χ3n) is 2.98. The molecule has 0 heterocycles. The summed E-state index contributed by atoms with van der Waals surface area (Å²) in [5.74, 6) is 0.248. The van der Waals surface area contributed by atoms with E-state index in [1.807, 2.05) is 6.92 Å². The Morgan fingerprint density at radius 1 is 0.647 bits per heavy atom. The van der Waals surface area contributed by atoms with Crippen LogP contribution in [0.3, 0.4) is 0 Å². The largest absolute Gasteiger partial charge is 0.299 e. The zero-order valence-electron chi connectivity index (χ0n) is 11.6. The van der Waals surface area contributed by atoms with Crippen molar-refractivity contribution in [3.8, 4) is 0 Å². The number of Topliss-reactive ketones (excluding diaryl/α,β-unsaturated/α-hetero) is 2. The molecule has 17 heavy (non-hydrogen) atoms. The van der Waals surface area contributed by atoms with Crippen LogP contribution >= 0.6 is 0 Å². The highest BCUT2D eigenvalue weighted by molar-refractivity contribution is 5.98. The molecule has 0 saturated carbocycles. The summed E-state index contributed by atoms with van der Waals surface area (Å²) in [5.41, 5.74) is 0. The van der Waals surface area contributed by atoms with Gasteiger partial charge in [0.15, 0.2) is 0 Å². The van der Waals surface area contributed by atoms with Gasteiger partial charge in [-0.2, -0.15) is 0 Å². The van der Waals surface area contributed by atoms with Crippen LogP contribution in [0.5, 0.6) is 0 Å². The first kappa shape index (κ1) is 16.3. The SMILES string of the molecule is CCCCCCCCCC(=O)CC(=O)CCC. The first-order chi connectivity index (χ1) is 8.20. The quantitative estimate of drug-likeness (QED) is 0.373. The van der Waals surface area contributed by atoms with Crippen LogP contribution in [-0.2, 0) is 9.59 Å². The van der Waals surface area contributed by atoms with E-state index in [4.69, 9.17) is 0 Å². The summed E-state index contributed by atoms with van der Waals surface area (Å²) < 4.78 is 0. The molecule has 0 aliphatic heterocycles. The van der Waals surface area contributed by atoms with Crippen molar-refractivity contribution in [3.05, 3.63) is 0 Å². The molecule has 0 fully saturated rings. The van der Waals surface area contributed by atoms with Crippen molar-refractivity contribution in [1.29, 1.82) is 0 Å². The highest BCUT2D eigenvalue weighted by Gasteiger charge is 2.07. The van der Waals surface area contributed by atoms with Crippen molar-refractivity contribution in [2.24, 2.45) is 0 Å². The molecule has 0 aromatic heterocycles. The topological polar surface area (TPSA) is 34.1 Å². The fourth-order valence-corrected chi connectivity index (χ4v) is 1.95. The molecular weight excluding hydrogens is 212 g/mol. The smallest absolute Gasteiger partial charge is 0.140 e. The number of rotatable bonds is 12. The molecular formula is C15H28O2. The zero-order valence-corrected chi connectivity index (χ0v) is 11.6. The third-order valence-corrected chi connectivity index (χ3v) is 2.98. The van der Waals surface area contributed by atoms with E-state index in [9.17, 15) is 9.59 Å². The van der Waals surface area contributed by atoms with Gasteiger partial charge in [0.2, 0.25) is 0 Å². The minimum absolute atomic E-state index is 0.112. The Morgan fingerprint density at radius 3 is 1.76 bits per heavy atom. The highest BCUT2D eigenvalue weighted by atomic mass is 16.1. The van der Waals surface area contributed by atoms with Crippen LogP contribution in [0.25, 0.3) is 0 Å². The molecule has 0 saturated heterocycles. The summed E-state index contributed by atoms with van der Waals surface area (Å²) in [6.45, 7) is 4.19. The lowest BCUT2D eigenvalue weighted by Gasteiger charge is -2.01. The first-order valence-electron chi connectivity index (χ1n) is 7.24. The Bertz CT molecular complexity index is 209. The van der Waals surface area contributed by atoms with Gasteiger partial charge in [0, 0.05) is 12.8 Å². The van der Waals surface area contributed by atoms with Crippen molar-refractivity contribution < 1.29 is 9.59 Å². The maximum Gasteiger partial charge on any atom is 0.140 e. The maximum absolute atomic E-state index is 11.4. The number of unbranched alkanes of at least 4 members (excludes halogenated alkanes) is 6. The lowest BCUT2D eigenvalue weighted by Crippen LogP contribution is -2.07. The number of hydrogen-bond acceptors (Lipinski definition) is 2. The molecule has 0 amide bonds. The lowest BCUT2D eigenvalue weighted by molar-refractivity contribution is -0.127. The molecule has 2 nitrogen and oxygen atoms in total. The lowest BCUT2D eigenvalue weighted by atomic mass is 10.0. The minimum Gasteiger partial charge on any atom is -0.299 e. The predicted molar refractivity (Wildman–Crippen MR) is 72.1 cm³/mol. The molecule has 0 rings (SSSR count). The molecule has 0 radical (unpaired) electrons. The summed E-state index contributed by atoms with van der Waals surface area (Å²) in [4.78, 5) is 22.7. The summed E-state index contributed by atoms with van der Waals surface area (Å²) in [6.07, 6.45) is 10.7. The molecule has 0 aliphatic rings. The maximum atomic E-state index is 11.4. The van der Waals surface area contributed by atoms with E-state index < -0.39 is 0 Å². The second kappa shape index (κ2) is 11.8. The highest BCUT2D eigenvalue weighted by Crippen LogP contribution is 2.09. The Hall–Kier alpha value is -0.660. The number of ketones is 2. The zero-order chi connectivity index (χ0) is 12.9. The van der Waals surface area contributed by atoms with E-state index >= 15 is 0 Å². The van der Waals surface area contributed by atoms with E-state index in [0.717, 1.165) is 19.3 Å². The van der Waals surface area contributed by atoms with Crippen molar-refractivity contribution in [2.45, 2.75) is 84.5 Å². The van der Waals surface area contributed by atoms with Gasteiger partial charge in [-0.15, -0.1) is 0 Å². The molecule has 100 valence electrons. The fourth-order valence-electron chi connectivity index (χ4n) is 1.95. The van der Waals surface area contributed by atoms with Crippen LogP contribution in [0, 0.1) is 0 Å². The van der Waals surface area contributed by atoms with Gasteiger partial charge in [0.1, 0.15) is 11.6 Å². The molecule has 0 unspecified atom stereocenters. The molecule has 2 heteroatoms. The molecule has 0 bridgehead atoms. The Morgan fingerprint density at radius 2 is 1.18 bits per heavy atom. The molecule has 0 aromatic rings. The van der Waals surface area contributed by atoms with E-state index in [-0.39, 0.29) is 18.0 Å². The number of carbonyl (C=O) groups excluding carboxylic acids is 2. The van der Waals surface area contributed by atoms with Gasteiger partial charge in [-0.05, 0) is 12.8 Å². The van der Waals surface area contributed by atoms with E-state index in [0.29, 0.717) is 12.8 Å². The first-order valence-corrected chi connectivity index (χ1v) is 7.24. The van der Waals surface area contributed by atoms with Gasteiger partial charge in [0.25, 0.3) is 0 Å². The summed E-state index contributed by atoms with van der Waals surface area (Å²) in [7, 11) is 0. The number of hydrogen-bond donors (Lipinski definition) is 0. The summed E-state index contributed by atoms with van der Waals surface area (Å²) >= 11 is 0. The van der Waals surface area contributed by atoms with Gasteiger partial charge in [-0.3, -0.25) is 9.59 Å². The predicted octanol–water partition coefficient (Wildman–Crippen LogP) is 4.46. The fraction of sp³-hybridized carbons (Fsp3) is 0.867.